The Bertz CT molecular complexity index is 504. The van der Waals surface area contributed by atoms with E-state index in [0.29, 0.717) is 11.5 Å². The van der Waals surface area contributed by atoms with Crippen LogP contribution in [0.4, 0.5) is 5.82 Å². The van der Waals surface area contributed by atoms with Gasteiger partial charge in [-0.1, -0.05) is 0 Å². The van der Waals surface area contributed by atoms with Gasteiger partial charge in [0, 0.05) is 25.8 Å². The van der Waals surface area contributed by atoms with Crippen molar-refractivity contribution in [1.29, 1.82) is 5.26 Å². The first-order chi connectivity index (χ1) is 9.01. The zero-order valence-corrected chi connectivity index (χ0v) is 12.3. The summed E-state index contributed by atoms with van der Waals surface area (Å²) in [5.41, 5.74) is 2.70. The molecule has 1 unspecified atom stereocenters. The molecular weight excluding hydrogens is 236 g/mol. The maximum absolute atomic E-state index is 9.32. The Morgan fingerprint density at radius 2 is 2.26 bits per heavy atom. The number of rotatable bonds is 3. The van der Waals surface area contributed by atoms with Crippen LogP contribution in [0.3, 0.4) is 0 Å². The minimum atomic E-state index is 0.671. The lowest BCUT2D eigenvalue weighted by molar-refractivity contribution is 0.395. The SMILES string of the molecule is Cc1cc(C)c(C#N)c(N(C)CC2CCN(C)C2)n1. The molecule has 1 aromatic rings. The minimum absolute atomic E-state index is 0.671. The molecule has 4 nitrogen and oxygen atoms in total. The predicted octanol–water partition coefficient (Wildman–Crippen LogP) is 1.96. The molecule has 1 atom stereocenters. The van der Waals surface area contributed by atoms with Crippen molar-refractivity contribution in [2.75, 3.05) is 38.6 Å². The number of aryl methyl sites for hydroxylation is 2. The molecule has 0 aromatic carbocycles. The monoisotopic (exact) mass is 258 g/mol. The lowest BCUT2D eigenvalue weighted by Crippen LogP contribution is -2.28. The maximum Gasteiger partial charge on any atom is 0.146 e. The summed E-state index contributed by atoms with van der Waals surface area (Å²) in [5, 5.41) is 9.32. The summed E-state index contributed by atoms with van der Waals surface area (Å²) in [6, 6.07) is 4.26. The van der Waals surface area contributed by atoms with Gasteiger partial charge in [-0.3, -0.25) is 0 Å². The van der Waals surface area contributed by atoms with Crippen LogP contribution >= 0.6 is 0 Å². The highest BCUT2D eigenvalue weighted by atomic mass is 15.2. The summed E-state index contributed by atoms with van der Waals surface area (Å²) in [7, 11) is 4.20. The summed E-state index contributed by atoms with van der Waals surface area (Å²) < 4.78 is 0. The van der Waals surface area contributed by atoms with E-state index in [4.69, 9.17) is 0 Å². The van der Waals surface area contributed by atoms with Gasteiger partial charge in [-0.15, -0.1) is 0 Å². The molecule has 1 saturated heterocycles. The molecule has 102 valence electrons. The Labute approximate surface area is 115 Å². The van der Waals surface area contributed by atoms with Gasteiger partial charge in [-0.05, 0) is 51.4 Å². The number of nitrogens with zero attached hydrogens (tertiary/aromatic N) is 4. The van der Waals surface area contributed by atoms with E-state index in [9.17, 15) is 5.26 Å². The average Bonchev–Trinajstić information content (AvgIpc) is 2.73. The Morgan fingerprint density at radius 1 is 1.53 bits per heavy atom. The summed E-state index contributed by atoms with van der Waals surface area (Å²) in [6.45, 7) is 7.23. The van der Waals surface area contributed by atoms with Crippen LogP contribution in [-0.4, -0.2) is 43.6 Å². The third-order valence-corrected chi connectivity index (χ3v) is 3.82. The van der Waals surface area contributed by atoms with Crippen molar-refractivity contribution in [2.24, 2.45) is 5.92 Å². The molecule has 2 heterocycles. The molecule has 0 amide bonds. The second-order valence-corrected chi connectivity index (χ2v) is 5.69. The maximum atomic E-state index is 9.32. The van der Waals surface area contributed by atoms with Crippen LogP contribution in [0, 0.1) is 31.1 Å². The molecule has 0 spiro atoms. The quantitative estimate of drug-likeness (QED) is 0.831. The molecule has 0 saturated carbocycles. The highest BCUT2D eigenvalue weighted by Gasteiger charge is 2.22. The van der Waals surface area contributed by atoms with Crippen molar-refractivity contribution in [1.82, 2.24) is 9.88 Å². The van der Waals surface area contributed by atoms with E-state index >= 15 is 0 Å². The first-order valence-electron chi connectivity index (χ1n) is 6.79. The number of hydrogen-bond donors (Lipinski definition) is 0. The molecule has 0 N–H and O–H groups in total. The summed E-state index contributed by atoms with van der Waals surface area (Å²) in [6.07, 6.45) is 1.23. The Kier molecular flexibility index (Phi) is 4.06. The van der Waals surface area contributed by atoms with Crippen molar-refractivity contribution in [3.05, 3.63) is 22.9 Å². The van der Waals surface area contributed by atoms with Crippen molar-refractivity contribution in [3.63, 3.8) is 0 Å². The van der Waals surface area contributed by atoms with Crippen molar-refractivity contribution in [2.45, 2.75) is 20.3 Å². The number of nitriles is 1. The zero-order chi connectivity index (χ0) is 14.0. The molecule has 2 rings (SSSR count). The molecule has 4 heteroatoms. The molecule has 0 aliphatic carbocycles. The Hall–Kier alpha value is -1.60. The van der Waals surface area contributed by atoms with Crippen LogP contribution in [0.1, 0.15) is 23.2 Å². The topological polar surface area (TPSA) is 43.2 Å². The first-order valence-corrected chi connectivity index (χ1v) is 6.79. The van der Waals surface area contributed by atoms with Crippen molar-refractivity contribution in [3.8, 4) is 6.07 Å². The third-order valence-electron chi connectivity index (χ3n) is 3.82. The standard InChI is InChI=1S/C15H22N4/c1-11-7-12(2)17-15(14(11)8-16)19(4)10-13-5-6-18(3)9-13/h7,13H,5-6,9-10H2,1-4H3. The minimum Gasteiger partial charge on any atom is -0.358 e. The van der Waals surface area contributed by atoms with E-state index in [2.05, 4.69) is 27.9 Å². The van der Waals surface area contributed by atoms with E-state index in [1.807, 2.05) is 27.0 Å². The smallest absolute Gasteiger partial charge is 0.146 e. The van der Waals surface area contributed by atoms with Crippen LogP contribution in [0.25, 0.3) is 0 Å². The number of pyridine rings is 1. The highest BCUT2D eigenvalue weighted by Crippen LogP contribution is 2.23. The summed E-state index contributed by atoms with van der Waals surface area (Å²) >= 11 is 0. The number of likely N-dealkylation sites (tertiary alicyclic amines) is 1. The van der Waals surface area contributed by atoms with Gasteiger partial charge in [0.15, 0.2) is 0 Å². The van der Waals surface area contributed by atoms with E-state index in [1.54, 1.807) is 0 Å². The summed E-state index contributed by atoms with van der Waals surface area (Å²) in [4.78, 5) is 9.06. The van der Waals surface area contributed by atoms with Crippen LogP contribution < -0.4 is 4.90 Å². The largest absolute Gasteiger partial charge is 0.358 e. The number of hydrogen-bond acceptors (Lipinski definition) is 4. The van der Waals surface area contributed by atoms with Gasteiger partial charge in [0.25, 0.3) is 0 Å². The molecule has 1 aliphatic heterocycles. The molecule has 1 aromatic heterocycles. The van der Waals surface area contributed by atoms with Gasteiger partial charge in [0.2, 0.25) is 0 Å². The molecule has 1 aliphatic rings. The van der Waals surface area contributed by atoms with Crippen LogP contribution in [0.15, 0.2) is 6.07 Å². The molecular formula is C15H22N4. The van der Waals surface area contributed by atoms with Crippen molar-refractivity contribution >= 4 is 5.82 Å². The van der Waals surface area contributed by atoms with Crippen LogP contribution in [0.5, 0.6) is 0 Å². The van der Waals surface area contributed by atoms with Gasteiger partial charge in [0.1, 0.15) is 11.9 Å². The van der Waals surface area contributed by atoms with Crippen LogP contribution in [-0.2, 0) is 0 Å². The Morgan fingerprint density at radius 3 is 2.84 bits per heavy atom. The fourth-order valence-corrected chi connectivity index (χ4v) is 2.88. The van der Waals surface area contributed by atoms with Crippen molar-refractivity contribution < 1.29 is 0 Å². The van der Waals surface area contributed by atoms with E-state index < -0.39 is 0 Å². The van der Waals surface area contributed by atoms with E-state index in [0.717, 1.165) is 30.2 Å². The lowest BCUT2D eigenvalue weighted by Gasteiger charge is -2.24. The highest BCUT2D eigenvalue weighted by molar-refractivity contribution is 5.57. The molecule has 0 radical (unpaired) electrons. The van der Waals surface area contributed by atoms with Gasteiger partial charge >= 0.3 is 0 Å². The van der Waals surface area contributed by atoms with E-state index in [1.165, 1.54) is 13.0 Å². The third kappa shape index (κ3) is 3.05. The van der Waals surface area contributed by atoms with Gasteiger partial charge in [0.05, 0.1) is 5.56 Å². The van der Waals surface area contributed by atoms with Gasteiger partial charge in [-0.2, -0.15) is 5.26 Å². The average molecular weight is 258 g/mol. The first kappa shape index (κ1) is 13.8. The van der Waals surface area contributed by atoms with Gasteiger partial charge < -0.3 is 9.80 Å². The van der Waals surface area contributed by atoms with Gasteiger partial charge in [-0.25, -0.2) is 4.98 Å². The predicted molar refractivity (Wildman–Crippen MR) is 77.3 cm³/mol. The molecule has 1 fully saturated rings. The second kappa shape index (κ2) is 5.58. The second-order valence-electron chi connectivity index (χ2n) is 5.69. The fraction of sp³-hybridized carbons (Fsp3) is 0.600. The lowest BCUT2D eigenvalue weighted by atomic mass is 10.1. The fourth-order valence-electron chi connectivity index (χ4n) is 2.88. The summed E-state index contributed by atoms with van der Waals surface area (Å²) in [5.74, 6) is 1.50. The molecule has 0 bridgehead atoms. The number of aromatic nitrogens is 1. The normalized spacial score (nSPS) is 19.4. The van der Waals surface area contributed by atoms with E-state index in [-0.39, 0.29) is 0 Å². The molecule has 19 heavy (non-hydrogen) atoms. The van der Waals surface area contributed by atoms with Crippen LogP contribution in [0.2, 0.25) is 0 Å². The number of anilines is 1. The Balaban J connectivity index is 2.19. The zero-order valence-electron chi connectivity index (χ0n) is 12.3.